The summed E-state index contributed by atoms with van der Waals surface area (Å²) < 4.78 is 7.72. The lowest BCUT2D eigenvalue weighted by atomic mass is 9.96. The van der Waals surface area contributed by atoms with E-state index < -0.39 is 0 Å². The van der Waals surface area contributed by atoms with Gasteiger partial charge in [-0.05, 0) is 37.5 Å². The molecule has 1 aliphatic heterocycles. The van der Waals surface area contributed by atoms with Gasteiger partial charge >= 0.3 is 0 Å². The third-order valence-electron chi connectivity index (χ3n) is 6.17. The first-order valence-corrected chi connectivity index (χ1v) is 10.6. The smallest absolute Gasteiger partial charge is 0.253 e. The minimum atomic E-state index is -0.0167. The Kier molecular flexibility index (Phi) is 5.08. The quantitative estimate of drug-likeness (QED) is 0.641. The van der Waals surface area contributed by atoms with Gasteiger partial charge in [-0.15, -0.1) is 0 Å². The van der Waals surface area contributed by atoms with Crippen LogP contribution >= 0.6 is 0 Å². The Balaban J connectivity index is 1.29. The topological polar surface area (TPSA) is 76.4 Å². The Bertz CT molecular complexity index is 1100. The van der Waals surface area contributed by atoms with Crippen molar-refractivity contribution in [2.75, 3.05) is 31.1 Å². The Labute approximate surface area is 175 Å². The van der Waals surface area contributed by atoms with Crippen LogP contribution in [0.4, 0.5) is 5.69 Å². The van der Waals surface area contributed by atoms with Crippen LogP contribution in [0.2, 0.25) is 0 Å². The van der Waals surface area contributed by atoms with Crippen LogP contribution in [0.25, 0.3) is 10.9 Å². The number of anilines is 1. The van der Waals surface area contributed by atoms with Gasteiger partial charge in [0.25, 0.3) is 5.56 Å². The van der Waals surface area contributed by atoms with Crippen molar-refractivity contribution in [2.24, 2.45) is 7.05 Å². The molecule has 8 nitrogen and oxygen atoms in total. The van der Waals surface area contributed by atoms with Crippen molar-refractivity contribution in [3.8, 4) is 5.88 Å². The molecular formula is C22H26N6O2. The molecule has 0 amide bonds. The second-order valence-electron chi connectivity index (χ2n) is 8.07. The van der Waals surface area contributed by atoms with E-state index in [4.69, 9.17) is 4.74 Å². The molecule has 8 heteroatoms. The van der Waals surface area contributed by atoms with Crippen molar-refractivity contribution >= 4 is 16.6 Å². The maximum atomic E-state index is 11.8. The zero-order valence-corrected chi connectivity index (χ0v) is 17.2. The molecule has 2 aromatic heterocycles. The molecule has 3 aromatic rings. The van der Waals surface area contributed by atoms with Gasteiger partial charge in [-0.1, -0.05) is 0 Å². The molecule has 1 aliphatic carbocycles. The molecule has 5 rings (SSSR count). The molecule has 3 heterocycles. The number of fused-ring (bicyclic) bond motifs is 1. The fraction of sp³-hybridized carbons (Fsp3) is 0.455. The lowest BCUT2D eigenvalue weighted by molar-refractivity contribution is 0.116. The minimum absolute atomic E-state index is 0.0167. The highest BCUT2D eigenvalue weighted by Gasteiger charge is 2.22. The molecule has 0 radical (unpaired) electrons. The Morgan fingerprint density at radius 3 is 2.67 bits per heavy atom. The van der Waals surface area contributed by atoms with E-state index in [1.54, 1.807) is 24.1 Å². The summed E-state index contributed by atoms with van der Waals surface area (Å²) in [4.78, 5) is 29.7. The van der Waals surface area contributed by atoms with Gasteiger partial charge < -0.3 is 9.64 Å². The average Bonchev–Trinajstić information content (AvgIpc) is 2.74. The molecule has 156 valence electrons. The fourth-order valence-corrected chi connectivity index (χ4v) is 3.98. The maximum absolute atomic E-state index is 11.8. The van der Waals surface area contributed by atoms with Crippen LogP contribution in [0.5, 0.6) is 5.88 Å². The SMILES string of the molecule is Cn1c(CN2CCN(c3ccc4ncnc(OC5CCC5)c4c3)CC2)nccc1=O. The van der Waals surface area contributed by atoms with Gasteiger partial charge in [0.05, 0.1) is 17.4 Å². The van der Waals surface area contributed by atoms with E-state index >= 15 is 0 Å². The standard InChI is InChI=1S/C22H26N6O2/c1-26-20(23-8-7-21(26)29)14-27-9-11-28(12-10-27)16-5-6-19-18(13-16)22(25-15-24-19)30-17-3-2-4-17/h5-8,13,15,17H,2-4,9-12,14H2,1H3. The summed E-state index contributed by atoms with van der Waals surface area (Å²) in [6, 6.07) is 7.83. The second kappa shape index (κ2) is 8.02. The van der Waals surface area contributed by atoms with E-state index in [0.29, 0.717) is 12.4 Å². The first kappa shape index (κ1) is 19.0. The molecule has 2 fully saturated rings. The summed E-state index contributed by atoms with van der Waals surface area (Å²) in [6.07, 6.45) is 6.91. The van der Waals surface area contributed by atoms with Gasteiger partial charge in [0.15, 0.2) is 0 Å². The van der Waals surface area contributed by atoms with Gasteiger partial charge in [0, 0.05) is 51.2 Å². The molecule has 1 aromatic carbocycles. The van der Waals surface area contributed by atoms with Crippen LogP contribution < -0.4 is 15.2 Å². The Hall–Kier alpha value is -3.00. The highest BCUT2D eigenvalue weighted by atomic mass is 16.5. The van der Waals surface area contributed by atoms with E-state index in [-0.39, 0.29) is 11.7 Å². The van der Waals surface area contributed by atoms with Crippen LogP contribution in [0.15, 0.2) is 41.6 Å². The van der Waals surface area contributed by atoms with Gasteiger partial charge in [-0.25, -0.2) is 15.0 Å². The summed E-state index contributed by atoms with van der Waals surface area (Å²) in [6.45, 7) is 4.35. The molecule has 1 saturated heterocycles. The molecule has 1 saturated carbocycles. The highest BCUT2D eigenvalue weighted by Crippen LogP contribution is 2.31. The average molecular weight is 406 g/mol. The van der Waals surface area contributed by atoms with Crippen LogP contribution in [0.1, 0.15) is 25.1 Å². The third kappa shape index (κ3) is 3.75. The number of hydrogen-bond acceptors (Lipinski definition) is 7. The zero-order chi connectivity index (χ0) is 20.5. The van der Waals surface area contributed by atoms with Crippen LogP contribution in [-0.4, -0.2) is 56.7 Å². The van der Waals surface area contributed by atoms with Crippen molar-refractivity contribution in [2.45, 2.75) is 31.9 Å². The molecule has 0 unspecified atom stereocenters. The van der Waals surface area contributed by atoms with E-state index in [9.17, 15) is 4.79 Å². The van der Waals surface area contributed by atoms with Crippen LogP contribution in [0.3, 0.4) is 0 Å². The van der Waals surface area contributed by atoms with Gasteiger partial charge in [0.2, 0.25) is 5.88 Å². The predicted molar refractivity (Wildman–Crippen MR) is 115 cm³/mol. The second-order valence-corrected chi connectivity index (χ2v) is 8.07. The number of ether oxygens (including phenoxy) is 1. The molecule has 30 heavy (non-hydrogen) atoms. The number of benzene rings is 1. The third-order valence-corrected chi connectivity index (χ3v) is 6.17. The van der Waals surface area contributed by atoms with Gasteiger partial charge in [0.1, 0.15) is 18.3 Å². The lowest BCUT2D eigenvalue weighted by Crippen LogP contribution is -2.46. The number of aromatic nitrogens is 4. The molecule has 0 bridgehead atoms. The Morgan fingerprint density at radius 2 is 1.90 bits per heavy atom. The fourth-order valence-electron chi connectivity index (χ4n) is 3.98. The van der Waals surface area contributed by atoms with Crippen molar-refractivity contribution in [1.29, 1.82) is 0 Å². The Morgan fingerprint density at radius 1 is 1.07 bits per heavy atom. The number of rotatable bonds is 5. The van der Waals surface area contributed by atoms with Crippen LogP contribution in [0, 0.1) is 0 Å². The highest BCUT2D eigenvalue weighted by molar-refractivity contribution is 5.86. The van der Waals surface area contributed by atoms with Crippen molar-refractivity contribution in [1.82, 2.24) is 24.4 Å². The zero-order valence-electron chi connectivity index (χ0n) is 17.2. The number of piperazine rings is 1. The number of nitrogens with zero attached hydrogens (tertiary/aromatic N) is 6. The molecule has 0 N–H and O–H groups in total. The van der Waals surface area contributed by atoms with E-state index in [1.165, 1.54) is 18.2 Å². The normalized spacial score (nSPS) is 17.8. The van der Waals surface area contributed by atoms with Crippen molar-refractivity contribution in [3.63, 3.8) is 0 Å². The molecule has 2 aliphatic rings. The number of hydrogen-bond donors (Lipinski definition) is 0. The minimum Gasteiger partial charge on any atom is -0.474 e. The van der Waals surface area contributed by atoms with E-state index in [1.807, 2.05) is 0 Å². The summed E-state index contributed by atoms with van der Waals surface area (Å²) in [5.41, 5.74) is 2.07. The van der Waals surface area contributed by atoms with Crippen LogP contribution in [-0.2, 0) is 13.6 Å². The molecular weight excluding hydrogens is 380 g/mol. The van der Waals surface area contributed by atoms with Crippen molar-refractivity contribution < 1.29 is 4.74 Å². The molecule has 0 spiro atoms. The molecule has 0 atom stereocenters. The monoisotopic (exact) mass is 406 g/mol. The largest absolute Gasteiger partial charge is 0.474 e. The summed E-state index contributed by atoms with van der Waals surface area (Å²) in [5.74, 6) is 1.50. The maximum Gasteiger partial charge on any atom is 0.253 e. The summed E-state index contributed by atoms with van der Waals surface area (Å²) in [7, 11) is 1.78. The first-order valence-electron chi connectivity index (χ1n) is 10.6. The predicted octanol–water partition coefficient (Wildman–Crippen LogP) is 1.98. The summed E-state index contributed by atoms with van der Waals surface area (Å²) in [5, 5.41) is 0.979. The van der Waals surface area contributed by atoms with Gasteiger partial charge in [-0.3, -0.25) is 14.3 Å². The summed E-state index contributed by atoms with van der Waals surface area (Å²) >= 11 is 0. The van der Waals surface area contributed by atoms with Crippen molar-refractivity contribution in [3.05, 3.63) is 53.0 Å². The lowest BCUT2D eigenvalue weighted by Gasteiger charge is -2.36. The van der Waals surface area contributed by atoms with E-state index in [2.05, 4.69) is 43.0 Å². The van der Waals surface area contributed by atoms with Gasteiger partial charge in [-0.2, -0.15) is 0 Å². The first-order chi connectivity index (χ1) is 14.7. The van der Waals surface area contributed by atoms with E-state index in [0.717, 1.165) is 55.7 Å².